The first-order valence-electron chi connectivity index (χ1n) is 8.43. The van der Waals surface area contributed by atoms with Crippen LogP contribution in [0.2, 0.25) is 0 Å². The minimum absolute atomic E-state index is 0.0202. The molecule has 1 rings (SSSR count). The second-order valence-corrected chi connectivity index (χ2v) is 6.72. The van der Waals surface area contributed by atoms with Crippen molar-refractivity contribution in [2.45, 2.75) is 65.2 Å². The Hall–Kier alpha value is -2.37. The van der Waals surface area contributed by atoms with Gasteiger partial charge in [-0.05, 0) is 32.8 Å². The van der Waals surface area contributed by atoms with Crippen LogP contribution in [-0.2, 0) is 25.7 Å². The molecule has 0 bridgehead atoms. The molecule has 1 amide bonds. The number of alkyl carbamates (subject to hydrolysis) is 1. The number of carbonyl (C=O) groups excluding carboxylic acids is 3. The van der Waals surface area contributed by atoms with Gasteiger partial charge < -0.3 is 14.8 Å². The lowest BCUT2D eigenvalue weighted by Crippen LogP contribution is -2.44. The first kappa shape index (κ1) is 20.7. The summed E-state index contributed by atoms with van der Waals surface area (Å²) in [7, 11) is 0. The van der Waals surface area contributed by atoms with Crippen molar-refractivity contribution in [1.29, 1.82) is 0 Å². The quantitative estimate of drug-likeness (QED) is 0.728. The molecule has 0 fully saturated rings. The molecule has 0 radical (unpaired) electrons. The highest BCUT2D eigenvalue weighted by atomic mass is 16.6. The molecular formula is C19H27NO5. The number of benzene rings is 1. The molecule has 0 heterocycles. The summed E-state index contributed by atoms with van der Waals surface area (Å²) in [5.74, 6) is -0.564. The first-order valence-corrected chi connectivity index (χ1v) is 8.43. The fourth-order valence-corrected chi connectivity index (χ4v) is 2.01. The van der Waals surface area contributed by atoms with Gasteiger partial charge in [0.1, 0.15) is 24.0 Å². The van der Waals surface area contributed by atoms with Crippen LogP contribution in [0.25, 0.3) is 0 Å². The zero-order valence-corrected chi connectivity index (χ0v) is 15.3. The summed E-state index contributed by atoms with van der Waals surface area (Å²) in [5, 5.41) is 2.50. The Labute approximate surface area is 148 Å². The van der Waals surface area contributed by atoms with Gasteiger partial charge in [0.25, 0.3) is 0 Å². The number of carbonyl (C=O) groups is 3. The van der Waals surface area contributed by atoms with Crippen LogP contribution in [0.3, 0.4) is 0 Å². The highest BCUT2D eigenvalue weighted by Gasteiger charge is 2.26. The van der Waals surface area contributed by atoms with Crippen LogP contribution >= 0.6 is 0 Å². The summed E-state index contributed by atoms with van der Waals surface area (Å²) in [5.41, 5.74) is 0.165. The third kappa shape index (κ3) is 8.88. The molecule has 0 spiro atoms. The van der Waals surface area contributed by atoms with Crippen molar-refractivity contribution in [3.05, 3.63) is 35.9 Å². The molecule has 1 atom stereocenters. The third-order valence-corrected chi connectivity index (χ3v) is 3.31. The van der Waals surface area contributed by atoms with Crippen molar-refractivity contribution in [2.24, 2.45) is 0 Å². The molecule has 1 N–H and O–H groups in total. The predicted octanol–water partition coefficient (Wildman–Crippen LogP) is 3.38. The van der Waals surface area contributed by atoms with E-state index in [2.05, 4.69) is 5.32 Å². The van der Waals surface area contributed by atoms with E-state index in [0.29, 0.717) is 6.42 Å². The molecule has 0 saturated heterocycles. The standard InChI is InChI=1S/C19H27NO5/c1-5-15(21)11-12-16(20-18(23)25-19(2,3)4)17(22)24-13-14-9-7-6-8-10-14/h6-10,16H,5,11-13H2,1-4H3,(H,20,23)/t16-/m0/s1. The lowest BCUT2D eigenvalue weighted by Gasteiger charge is -2.23. The summed E-state index contributed by atoms with van der Waals surface area (Å²) in [6.07, 6.45) is 0.0490. The SMILES string of the molecule is CCC(=O)CC[C@H](NC(=O)OC(C)(C)C)C(=O)OCc1ccccc1. The van der Waals surface area contributed by atoms with Crippen LogP contribution in [0.5, 0.6) is 0 Å². The number of nitrogens with one attached hydrogen (secondary N) is 1. The molecule has 1 aromatic rings. The molecule has 138 valence electrons. The summed E-state index contributed by atoms with van der Waals surface area (Å²) in [6, 6.07) is 8.32. The number of rotatable bonds is 8. The van der Waals surface area contributed by atoms with E-state index in [4.69, 9.17) is 9.47 Å². The van der Waals surface area contributed by atoms with Gasteiger partial charge >= 0.3 is 12.1 Å². The number of hydrogen-bond acceptors (Lipinski definition) is 5. The summed E-state index contributed by atoms with van der Waals surface area (Å²) in [4.78, 5) is 35.8. The lowest BCUT2D eigenvalue weighted by molar-refractivity contribution is -0.147. The van der Waals surface area contributed by atoms with Crippen LogP contribution < -0.4 is 5.32 Å². The largest absolute Gasteiger partial charge is 0.459 e. The number of ketones is 1. The van der Waals surface area contributed by atoms with E-state index in [1.165, 1.54) is 0 Å². The maximum atomic E-state index is 12.3. The van der Waals surface area contributed by atoms with Gasteiger partial charge in [0.05, 0.1) is 0 Å². The predicted molar refractivity (Wildman–Crippen MR) is 93.9 cm³/mol. The van der Waals surface area contributed by atoms with Gasteiger partial charge in [-0.3, -0.25) is 4.79 Å². The zero-order chi connectivity index (χ0) is 18.9. The van der Waals surface area contributed by atoms with Gasteiger partial charge in [-0.1, -0.05) is 37.3 Å². The Morgan fingerprint density at radius 1 is 1.12 bits per heavy atom. The minimum atomic E-state index is -0.922. The zero-order valence-electron chi connectivity index (χ0n) is 15.3. The van der Waals surface area contributed by atoms with Gasteiger partial charge in [-0.25, -0.2) is 9.59 Å². The third-order valence-electron chi connectivity index (χ3n) is 3.31. The van der Waals surface area contributed by atoms with E-state index >= 15 is 0 Å². The summed E-state index contributed by atoms with van der Waals surface area (Å²) >= 11 is 0. The Morgan fingerprint density at radius 2 is 1.76 bits per heavy atom. The van der Waals surface area contributed by atoms with Gasteiger partial charge in [0, 0.05) is 12.8 Å². The van der Waals surface area contributed by atoms with Crippen LogP contribution in [0.4, 0.5) is 4.79 Å². The lowest BCUT2D eigenvalue weighted by atomic mass is 10.1. The maximum absolute atomic E-state index is 12.3. The average molecular weight is 349 g/mol. The average Bonchev–Trinajstić information content (AvgIpc) is 2.55. The smallest absolute Gasteiger partial charge is 0.408 e. The van der Waals surface area contributed by atoms with Crippen molar-refractivity contribution >= 4 is 17.8 Å². The van der Waals surface area contributed by atoms with E-state index in [9.17, 15) is 14.4 Å². The van der Waals surface area contributed by atoms with Gasteiger partial charge in [-0.15, -0.1) is 0 Å². The monoisotopic (exact) mass is 349 g/mol. The highest BCUT2D eigenvalue weighted by molar-refractivity contribution is 5.83. The molecule has 25 heavy (non-hydrogen) atoms. The minimum Gasteiger partial charge on any atom is -0.459 e. The van der Waals surface area contributed by atoms with E-state index in [-0.39, 0.29) is 25.2 Å². The second kappa shape index (κ2) is 9.81. The molecule has 1 aromatic carbocycles. The molecule has 0 unspecified atom stereocenters. The molecule has 0 aromatic heterocycles. The normalized spacial score (nSPS) is 12.2. The molecule has 0 aliphatic rings. The number of amides is 1. The highest BCUT2D eigenvalue weighted by Crippen LogP contribution is 2.10. The van der Waals surface area contributed by atoms with Crippen molar-refractivity contribution in [2.75, 3.05) is 0 Å². The fraction of sp³-hybridized carbons (Fsp3) is 0.526. The molecule has 0 aliphatic heterocycles. The van der Waals surface area contributed by atoms with E-state index < -0.39 is 23.7 Å². The topological polar surface area (TPSA) is 81.7 Å². The Kier molecular flexibility index (Phi) is 8.11. The van der Waals surface area contributed by atoms with E-state index in [1.54, 1.807) is 27.7 Å². The van der Waals surface area contributed by atoms with Crippen molar-refractivity contribution < 1.29 is 23.9 Å². The summed E-state index contributed by atoms with van der Waals surface area (Å²) in [6.45, 7) is 7.06. The number of hydrogen-bond donors (Lipinski definition) is 1. The van der Waals surface area contributed by atoms with E-state index in [0.717, 1.165) is 5.56 Å². The molecule has 0 aliphatic carbocycles. The van der Waals surface area contributed by atoms with Crippen molar-refractivity contribution in [3.63, 3.8) is 0 Å². The Bertz CT molecular complexity index is 577. The first-order chi connectivity index (χ1) is 11.7. The van der Waals surface area contributed by atoms with Crippen molar-refractivity contribution in [1.82, 2.24) is 5.32 Å². The van der Waals surface area contributed by atoms with Gasteiger partial charge in [0.2, 0.25) is 0 Å². The fourth-order valence-electron chi connectivity index (χ4n) is 2.01. The van der Waals surface area contributed by atoms with Gasteiger partial charge in [-0.2, -0.15) is 0 Å². The van der Waals surface area contributed by atoms with Crippen LogP contribution in [0.1, 0.15) is 52.5 Å². The maximum Gasteiger partial charge on any atom is 0.408 e. The Morgan fingerprint density at radius 3 is 2.32 bits per heavy atom. The van der Waals surface area contributed by atoms with Crippen LogP contribution in [0.15, 0.2) is 30.3 Å². The Balaban J connectivity index is 2.66. The van der Waals surface area contributed by atoms with Gasteiger partial charge in [0.15, 0.2) is 0 Å². The number of ether oxygens (including phenoxy) is 2. The van der Waals surface area contributed by atoms with Crippen molar-refractivity contribution in [3.8, 4) is 0 Å². The van der Waals surface area contributed by atoms with Crippen LogP contribution in [-0.4, -0.2) is 29.5 Å². The second-order valence-electron chi connectivity index (χ2n) is 6.72. The number of Topliss-reactive ketones (excluding diaryl/α,β-unsaturated/α-hetero) is 1. The molecule has 6 nitrogen and oxygen atoms in total. The molecular weight excluding hydrogens is 322 g/mol. The molecule has 0 saturated carbocycles. The van der Waals surface area contributed by atoms with Crippen LogP contribution in [0, 0.1) is 0 Å². The summed E-state index contributed by atoms with van der Waals surface area (Å²) < 4.78 is 10.4. The number of esters is 1. The molecule has 6 heteroatoms. The van der Waals surface area contributed by atoms with E-state index in [1.807, 2.05) is 30.3 Å².